The molecule has 2 aromatic carbocycles. The van der Waals surface area contributed by atoms with E-state index in [-0.39, 0.29) is 11.6 Å². The molecule has 0 fully saturated rings. The van der Waals surface area contributed by atoms with Gasteiger partial charge in [0, 0.05) is 10.0 Å². The molecule has 0 aliphatic heterocycles. The van der Waals surface area contributed by atoms with Crippen LogP contribution < -0.4 is 16.8 Å². The van der Waals surface area contributed by atoms with Crippen LogP contribution in [0.1, 0.15) is 28.9 Å². The van der Waals surface area contributed by atoms with Crippen LogP contribution in [0.5, 0.6) is 0 Å². The molecule has 1 atom stereocenters. The first-order valence-corrected chi connectivity index (χ1v) is 7.05. The number of nitrogen functional groups attached to an aromatic ring is 1. The molecule has 1 unspecified atom stereocenters. The predicted octanol–water partition coefficient (Wildman–Crippen LogP) is 3.85. The van der Waals surface area contributed by atoms with E-state index in [1.54, 1.807) is 30.3 Å². The van der Waals surface area contributed by atoms with Crippen LogP contribution in [-0.2, 0) is 0 Å². The Balaban J connectivity index is 2.29. The van der Waals surface area contributed by atoms with Gasteiger partial charge < -0.3 is 16.8 Å². The first-order valence-electron chi connectivity index (χ1n) is 6.30. The number of hydrogen-bond acceptors (Lipinski definition) is 3. The van der Waals surface area contributed by atoms with Gasteiger partial charge in [0.05, 0.1) is 23.0 Å². The second-order valence-electron chi connectivity index (χ2n) is 4.66. The lowest BCUT2D eigenvalue weighted by Crippen LogP contribution is -2.16. The molecule has 110 valence electrons. The summed E-state index contributed by atoms with van der Waals surface area (Å²) < 4.78 is 0. The molecule has 0 aliphatic carbocycles. The number of halogens is 2. The Morgan fingerprint density at radius 2 is 1.95 bits per heavy atom. The number of primary amides is 1. The number of carbonyl (C=O) groups is 1. The molecular formula is C15H15Cl2N3O. The van der Waals surface area contributed by atoms with Gasteiger partial charge in [-0.2, -0.15) is 0 Å². The van der Waals surface area contributed by atoms with Crippen molar-refractivity contribution in [2.45, 2.75) is 13.0 Å². The lowest BCUT2D eigenvalue weighted by molar-refractivity contribution is 0.100. The van der Waals surface area contributed by atoms with Crippen LogP contribution in [0.25, 0.3) is 0 Å². The van der Waals surface area contributed by atoms with Crippen molar-refractivity contribution in [2.75, 3.05) is 11.1 Å². The molecule has 2 rings (SSSR count). The molecule has 0 aromatic heterocycles. The van der Waals surface area contributed by atoms with Crippen molar-refractivity contribution in [1.29, 1.82) is 0 Å². The Morgan fingerprint density at radius 3 is 2.57 bits per heavy atom. The molecule has 6 heteroatoms. The van der Waals surface area contributed by atoms with Gasteiger partial charge in [0.2, 0.25) is 0 Å². The fraction of sp³-hybridized carbons (Fsp3) is 0.133. The zero-order valence-electron chi connectivity index (χ0n) is 11.4. The van der Waals surface area contributed by atoms with Gasteiger partial charge in [-0.25, -0.2) is 0 Å². The average Bonchev–Trinajstić information content (AvgIpc) is 2.40. The third-order valence-electron chi connectivity index (χ3n) is 3.17. The van der Waals surface area contributed by atoms with E-state index in [9.17, 15) is 4.79 Å². The first-order chi connectivity index (χ1) is 9.90. The molecular weight excluding hydrogens is 309 g/mol. The maximum Gasteiger partial charge on any atom is 0.250 e. The van der Waals surface area contributed by atoms with Gasteiger partial charge in [-0.05, 0) is 36.8 Å². The molecule has 0 saturated heterocycles. The van der Waals surface area contributed by atoms with Crippen molar-refractivity contribution in [2.24, 2.45) is 5.73 Å². The van der Waals surface area contributed by atoms with Crippen LogP contribution in [-0.4, -0.2) is 5.91 Å². The number of anilines is 2. The van der Waals surface area contributed by atoms with Crippen LogP contribution >= 0.6 is 23.2 Å². The zero-order valence-corrected chi connectivity index (χ0v) is 12.9. The highest BCUT2D eigenvalue weighted by Gasteiger charge is 2.14. The Bertz CT molecular complexity index is 689. The Morgan fingerprint density at radius 1 is 1.24 bits per heavy atom. The highest BCUT2D eigenvalue weighted by Crippen LogP contribution is 2.31. The van der Waals surface area contributed by atoms with Gasteiger partial charge in [-0.3, -0.25) is 4.79 Å². The summed E-state index contributed by atoms with van der Waals surface area (Å²) in [7, 11) is 0. The van der Waals surface area contributed by atoms with Gasteiger partial charge in [-0.15, -0.1) is 0 Å². The van der Waals surface area contributed by atoms with Gasteiger partial charge in [0.15, 0.2) is 0 Å². The Labute approximate surface area is 133 Å². The van der Waals surface area contributed by atoms with Gasteiger partial charge >= 0.3 is 0 Å². The number of hydrogen-bond donors (Lipinski definition) is 3. The molecule has 0 aliphatic rings. The maximum absolute atomic E-state index is 11.3. The van der Waals surface area contributed by atoms with Crippen molar-refractivity contribution in [3.8, 4) is 0 Å². The SMILES string of the molecule is CC(Nc1cccc(C(N)=O)c1N)c1ccc(Cl)cc1Cl. The molecule has 2 aromatic rings. The Kier molecular flexibility index (Phi) is 4.60. The van der Waals surface area contributed by atoms with Gasteiger partial charge in [-0.1, -0.05) is 35.3 Å². The van der Waals surface area contributed by atoms with Crippen LogP contribution in [0.2, 0.25) is 10.0 Å². The minimum Gasteiger partial charge on any atom is -0.396 e. The molecule has 0 radical (unpaired) electrons. The average molecular weight is 324 g/mol. The van der Waals surface area contributed by atoms with Crippen LogP contribution in [0.4, 0.5) is 11.4 Å². The van der Waals surface area contributed by atoms with Crippen molar-refractivity contribution in [3.05, 3.63) is 57.6 Å². The smallest absolute Gasteiger partial charge is 0.250 e. The standard InChI is InChI=1S/C15H15Cl2N3O/c1-8(10-6-5-9(16)7-12(10)17)20-13-4-2-3-11(14(13)18)15(19)21/h2-8,20H,18H2,1H3,(H2,19,21). The van der Waals surface area contributed by atoms with Gasteiger partial charge in [0.25, 0.3) is 5.91 Å². The van der Waals surface area contributed by atoms with Crippen LogP contribution in [0.15, 0.2) is 36.4 Å². The summed E-state index contributed by atoms with van der Waals surface area (Å²) in [6.07, 6.45) is 0. The summed E-state index contributed by atoms with van der Waals surface area (Å²) >= 11 is 12.1. The van der Waals surface area contributed by atoms with Crippen molar-refractivity contribution >= 4 is 40.5 Å². The van der Waals surface area contributed by atoms with Crippen LogP contribution in [0.3, 0.4) is 0 Å². The first kappa shape index (κ1) is 15.5. The fourth-order valence-electron chi connectivity index (χ4n) is 2.07. The van der Waals surface area contributed by atoms with E-state index in [1.807, 2.05) is 13.0 Å². The predicted molar refractivity (Wildman–Crippen MR) is 87.9 cm³/mol. The van der Waals surface area contributed by atoms with E-state index in [1.165, 1.54) is 0 Å². The summed E-state index contributed by atoms with van der Waals surface area (Å²) in [5, 5.41) is 4.36. The molecule has 0 spiro atoms. The number of para-hydroxylation sites is 1. The van der Waals surface area contributed by atoms with Crippen molar-refractivity contribution in [3.63, 3.8) is 0 Å². The van der Waals surface area contributed by atoms with E-state index in [0.717, 1.165) is 5.56 Å². The number of carbonyl (C=O) groups excluding carboxylic acids is 1. The quantitative estimate of drug-likeness (QED) is 0.747. The van der Waals surface area contributed by atoms with E-state index < -0.39 is 5.91 Å². The molecule has 5 N–H and O–H groups in total. The number of amides is 1. The highest BCUT2D eigenvalue weighted by molar-refractivity contribution is 6.35. The zero-order chi connectivity index (χ0) is 15.6. The summed E-state index contributed by atoms with van der Waals surface area (Å²) in [5.74, 6) is -0.562. The number of rotatable bonds is 4. The fourth-order valence-corrected chi connectivity index (χ4v) is 2.64. The third-order valence-corrected chi connectivity index (χ3v) is 3.74. The lowest BCUT2D eigenvalue weighted by Gasteiger charge is -2.19. The molecule has 21 heavy (non-hydrogen) atoms. The maximum atomic E-state index is 11.3. The third kappa shape index (κ3) is 3.40. The van der Waals surface area contributed by atoms with Crippen LogP contribution in [0, 0.1) is 0 Å². The van der Waals surface area contributed by atoms with E-state index in [0.29, 0.717) is 21.4 Å². The summed E-state index contributed by atoms with van der Waals surface area (Å²) in [6.45, 7) is 1.94. The van der Waals surface area contributed by atoms with Crippen molar-refractivity contribution < 1.29 is 4.79 Å². The number of benzene rings is 2. The van der Waals surface area contributed by atoms with Crippen molar-refractivity contribution in [1.82, 2.24) is 0 Å². The summed E-state index contributed by atoms with van der Waals surface area (Å²) in [5.41, 5.74) is 13.4. The number of nitrogens with two attached hydrogens (primary N) is 2. The summed E-state index contributed by atoms with van der Waals surface area (Å²) in [4.78, 5) is 11.3. The molecule has 4 nitrogen and oxygen atoms in total. The van der Waals surface area contributed by atoms with E-state index in [2.05, 4.69) is 5.32 Å². The normalized spacial score (nSPS) is 12.0. The largest absolute Gasteiger partial charge is 0.396 e. The topological polar surface area (TPSA) is 81.1 Å². The molecule has 1 amide bonds. The molecule has 0 heterocycles. The molecule has 0 saturated carbocycles. The second-order valence-corrected chi connectivity index (χ2v) is 5.51. The van der Waals surface area contributed by atoms with Gasteiger partial charge in [0.1, 0.15) is 0 Å². The van der Waals surface area contributed by atoms with E-state index in [4.69, 9.17) is 34.7 Å². The minimum absolute atomic E-state index is 0.111. The second kappa shape index (κ2) is 6.24. The number of nitrogens with one attached hydrogen (secondary N) is 1. The summed E-state index contributed by atoms with van der Waals surface area (Å²) in [6, 6.07) is 10.3. The minimum atomic E-state index is -0.562. The highest BCUT2D eigenvalue weighted by atomic mass is 35.5. The lowest BCUT2D eigenvalue weighted by atomic mass is 10.1. The van der Waals surface area contributed by atoms with E-state index >= 15 is 0 Å². The Hall–Kier alpha value is -1.91. The molecule has 0 bridgehead atoms. The monoisotopic (exact) mass is 323 g/mol.